The molecule has 0 unspecified atom stereocenters. The van der Waals surface area contributed by atoms with Gasteiger partial charge in [0.1, 0.15) is 5.75 Å². The zero-order valence-electron chi connectivity index (χ0n) is 8.94. The Morgan fingerprint density at radius 2 is 2.00 bits per heavy atom. The highest BCUT2D eigenvalue weighted by Gasteiger charge is 2.16. The van der Waals surface area contributed by atoms with E-state index in [1.807, 2.05) is 12.1 Å². The number of hydrogen-bond acceptors (Lipinski definition) is 4. The van der Waals surface area contributed by atoms with E-state index in [0.717, 1.165) is 10.4 Å². The number of aromatic hydroxyl groups is 1. The summed E-state index contributed by atoms with van der Waals surface area (Å²) in [6, 6.07) is 8.71. The van der Waals surface area contributed by atoms with E-state index in [4.69, 9.17) is 11.6 Å². The fraction of sp³-hybridized carbons (Fsp3) is 0.0833. The van der Waals surface area contributed by atoms with E-state index >= 15 is 0 Å². The van der Waals surface area contributed by atoms with Crippen molar-refractivity contribution in [1.29, 1.82) is 0 Å². The molecule has 0 aliphatic heterocycles. The molecule has 17 heavy (non-hydrogen) atoms. The second-order valence-corrected chi connectivity index (χ2v) is 4.81. The Morgan fingerprint density at radius 1 is 1.35 bits per heavy atom. The van der Waals surface area contributed by atoms with E-state index in [1.165, 1.54) is 18.4 Å². The van der Waals surface area contributed by atoms with Crippen LogP contribution in [0.15, 0.2) is 30.3 Å². The monoisotopic (exact) mass is 268 g/mol. The summed E-state index contributed by atoms with van der Waals surface area (Å²) < 4.78 is 4.58. The minimum atomic E-state index is -0.535. The number of esters is 1. The number of benzene rings is 1. The molecule has 1 aromatic heterocycles. The molecule has 1 N–H and O–H groups in total. The summed E-state index contributed by atoms with van der Waals surface area (Å²) >= 11 is 6.97. The average molecular weight is 269 g/mol. The average Bonchev–Trinajstić information content (AvgIpc) is 2.71. The topological polar surface area (TPSA) is 46.5 Å². The Labute approximate surface area is 107 Å². The Hall–Kier alpha value is -1.52. The van der Waals surface area contributed by atoms with E-state index in [0.29, 0.717) is 5.02 Å². The zero-order chi connectivity index (χ0) is 12.4. The molecule has 0 radical (unpaired) electrons. The summed E-state index contributed by atoms with van der Waals surface area (Å²) in [5.41, 5.74) is 0.893. The van der Waals surface area contributed by atoms with Crippen LogP contribution in [0.2, 0.25) is 5.02 Å². The lowest BCUT2D eigenvalue weighted by Crippen LogP contribution is -1.97. The van der Waals surface area contributed by atoms with Gasteiger partial charge in [0.25, 0.3) is 0 Å². The molecule has 88 valence electrons. The van der Waals surface area contributed by atoms with Crippen molar-refractivity contribution in [1.82, 2.24) is 0 Å². The van der Waals surface area contributed by atoms with Gasteiger partial charge in [-0.25, -0.2) is 4.79 Å². The molecular weight excluding hydrogens is 260 g/mol. The van der Waals surface area contributed by atoms with Crippen molar-refractivity contribution in [3.8, 4) is 16.2 Å². The predicted octanol–water partition coefficient (Wildman–Crippen LogP) is 3.56. The lowest BCUT2D eigenvalue weighted by molar-refractivity contribution is 0.0603. The lowest BCUT2D eigenvalue weighted by Gasteiger charge is -1.96. The van der Waals surface area contributed by atoms with Crippen molar-refractivity contribution >= 4 is 28.9 Å². The smallest absolute Gasteiger partial charge is 0.351 e. The maximum atomic E-state index is 11.3. The molecule has 2 aromatic rings. The van der Waals surface area contributed by atoms with E-state index in [2.05, 4.69) is 4.74 Å². The maximum absolute atomic E-state index is 11.3. The van der Waals surface area contributed by atoms with Gasteiger partial charge in [-0.2, -0.15) is 0 Å². The first-order valence-corrected chi connectivity index (χ1v) is 5.98. The van der Waals surface area contributed by atoms with Gasteiger partial charge >= 0.3 is 5.97 Å². The minimum Gasteiger partial charge on any atom is -0.506 e. The van der Waals surface area contributed by atoms with Crippen LogP contribution in [0.4, 0.5) is 0 Å². The van der Waals surface area contributed by atoms with E-state index in [1.54, 1.807) is 18.2 Å². The van der Waals surface area contributed by atoms with Crippen molar-refractivity contribution in [3.05, 3.63) is 40.2 Å². The molecule has 0 aliphatic carbocycles. The van der Waals surface area contributed by atoms with Gasteiger partial charge in [0.2, 0.25) is 0 Å². The number of halogens is 1. The fourth-order valence-corrected chi connectivity index (χ4v) is 2.48. The molecule has 0 spiro atoms. The third-order valence-electron chi connectivity index (χ3n) is 2.21. The predicted molar refractivity (Wildman–Crippen MR) is 67.8 cm³/mol. The number of carbonyl (C=O) groups is 1. The molecule has 0 saturated carbocycles. The van der Waals surface area contributed by atoms with Gasteiger partial charge in [-0.05, 0) is 23.8 Å². The molecular formula is C12H9ClO3S. The van der Waals surface area contributed by atoms with Crippen LogP contribution in [0.25, 0.3) is 10.4 Å². The molecule has 0 fully saturated rings. The zero-order valence-corrected chi connectivity index (χ0v) is 10.5. The Bertz CT molecular complexity index is 545. The normalized spacial score (nSPS) is 10.2. The number of thiophene rings is 1. The molecule has 3 nitrogen and oxygen atoms in total. The third-order valence-corrected chi connectivity index (χ3v) is 3.62. The third kappa shape index (κ3) is 2.43. The van der Waals surface area contributed by atoms with Crippen LogP contribution in [0.1, 0.15) is 9.67 Å². The standard InChI is InChI=1S/C12H9ClO3S/c1-16-12(15)11-9(14)6-10(17-11)7-2-4-8(13)5-3-7/h2-6,14H,1H3. The van der Waals surface area contributed by atoms with Crippen molar-refractivity contribution in [2.45, 2.75) is 0 Å². The van der Waals surface area contributed by atoms with Crippen molar-refractivity contribution < 1.29 is 14.6 Å². The van der Waals surface area contributed by atoms with Gasteiger partial charge in [-0.15, -0.1) is 11.3 Å². The Kier molecular flexibility index (Phi) is 3.36. The summed E-state index contributed by atoms with van der Waals surface area (Å²) in [7, 11) is 1.28. The summed E-state index contributed by atoms with van der Waals surface area (Å²) in [6.45, 7) is 0. The summed E-state index contributed by atoms with van der Waals surface area (Å²) in [5, 5.41) is 10.3. The van der Waals surface area contributed by atoms with Crippen molar-refractivity contribution in [3.63, 3.8) is 0 Å². The van der Waals surface area contributed by atoms with Gasteiger partial charge in [0.05, 0.1) is 7.11 Å². The highest BCUT2D eigenvalue weighted by molar-refractivity contribution is 7.17. The molecule has 0 aliphatic rings. The van der Waals surface area contributed by atoms with Crippen LogP contribution < -0.4 is 0 Å². The molecule has 0 amide bonds. The molecule has 2 rings (SSSR count). The molecule has 1 heterocycles. The molecule has 1 aromatic carbocycles. The largest absolute Gasteiger partial charge is 0.506 e. The van der Waals surface area contributed by atoms with Crippen LogP contribution in [0, 0.1) is 0 Å². The van der Waals surface area contributed by atoms with Gasteiger partial charge in [0, 0.05) is 9.90 Å². The number of methoxy groups -OCH3 is 1. The summed E-state index contributed by atoms with van der Waals surface area (Å²) in [5.74, 6) is -0.598. The van der Waals surface area contributed by atoms with E-state index in [9.17, 15) is 9.90 Å². The Balaban J connectivity index is 2.41. The first kappa shape index (κ1) is 12.0. The molecule has 0 atom stereocenters. The number of ether oxygens (including phenoxy) is 1. The van der Waals surface area contributed by atoms with Gasteiger partial charge in [-0.1, -0.05) is 23.7 Å². The first-order chi connectivity index (χ1) is 8.11. The molecule has 5 heteroatoms. The van der Waals surface area contributed by atoms with E-state index < -0.39 is 5.97 Å². The second kappa shape index (κ2) is 4.77. The van der Waals surface area contributed by atoms with Gasteiger partial charge < -0.3 is 9.84 Å². The van der Waals surface area contributed by atoms with Crippen LogP contribution in [-0.2, 0) is 4.74 Å². The summed E-state index contributed by atoms with van der Waals surface area (Å²) in [4.78, 5) is 12.3. The van der Waals surface area contributed by atoms with Crippen LogP contribution in [-0.4, -0.2) is 18.2 Å². The fourth-order valence-electron chi connectivity index (χ4n) is 1.38. The van der Waals surface area contributed by atoms with Gasteiger partial charge in [0.15, 0.2) is 4.88 Å². The van der Waals surface area contributed by atoms with Crippen LogP contribution in [0.3, 0.4) is 0 Å². The van der Waals surface area contributed by atoms with E-state index in [-0.39, 0.29) is 10.6 Å². The number of rotatable bonds is 2. The van der Waals surface area contributed by atoms with Crippen LogP contribution >= 0.6 is 22.9 Å². The molecule has 0 saturated heterocycles. The maximum Gasteiger partial charge on any atom is 0.351 e. The van der Waals surface area contributed by atoms with Crippen molar-refractivity contribution in [2.24, 2.45) is 0 Å². The number of hydrogen-bond donors (Lipinski definition) is 1. The summed E-state index contributed by atoms with van der Waals surface area (Å²) in [6.07, 6.45) is 0. The lowest BCUT2D eigenvalue weighted by atomic mass is 10.2. The molecule has 0 bridgehead atoms. The quantitative estimate of drug-likeness (QED) is 0.847. The number of carbonyl (C=O) groups excluding carboxylic acids is 1. The minimum absolute atomic E-state index is 0.0631. The SMILES string of the molecule is COC(=O)c1sc(-c2ccc(Cl)cc2)cc1O. The Morgan fingerprint density at radius 3 is 2.59 bits per heavy atom. The second-order valence-electron chi connectivity index (χ2n) is 3.32. The van der Waals surface area contributed by atoms with Gasteiger partial charge in [-0.3, -0.25) is 0 Å². The van der Waals surface area contributed by atoms with Crippen LogP contribution in [0.5, 0.6) is 5.75 Å². The van der Waals surface area contributed by atoms with Crippen molar-refractivity contribution in [2.75, 3.05) is 7.11 Å². The highest BCUT2D eigenvalue weighted by atomic mass is 35.5. The first-order valence-electron chi connectivity index (χ1n) is 4.79. The highest BCUT2D eigenvalue weighted by Crippen LogP contribution is 2.36.